The molecule has 3 rings (SSSR count). The van der Waals surface area contributed by atoms with Gasteiger partial charge in [-0.2, -0.15) is 0 Å². The maximum absolute atomic E-state index is 5.95. The first-order valence-electron chi connectivity index (χ1n) is 4.24. The highest BCUT2D eigenvalue weighted by Gasteiger charge is 2.26. The molecule has 0 atom stereocenters. The molecule has 4 heteroatoms. The van der Waals surface area contributed by atoms with E-state index in [2.05, 4.69) is 16.0 Å². The van der Waals surface area contributed by atoms with Crippen LogP contribution in [0, 0.1) is 0 Å². The second-order valence-corrected chi connectivity index (χ2v) is 4.74. The summed E-state index contributed by atoms with van der Waals surface area (Å²) in [5, 5.41) is 0.585. The SMILES string of the molecule is Clc1ncnc2cc(C3CC3)sc12. The first-order chi connectivity index (χ1) is 6.34. The van der Waals surface area contributed by atoms with Crippen LogP contribution in [0.1, 0.15) is 23.6 Å². The third-order valence-electron chi connectivity index (χ3n) is 2.27. The molecule has 0 N–H and O–H groups in total. The second-order valence-electron chi connectivity index (χ2n) is 3.30. The molecule has 2 aromatic rings. The van der Waals surface area contributed by atoms with Gasteiger partial charge in [0.05, 0.1) is 10.2 Å². The lowest BCUT2D eigenvalue weighted by Crippen LogP contribution is -1.76. The van der Waals surface area contributed by atoms with E-state index in [1.54, 1.807) is 11.3 Å². The zero-order chi connectivity index (χ0) is 8.84. The lowest BCUT2D eigenvalue weighted by molar-refractivity contribution is 1.18. The molecule has 1 aliphatic carbocycles. The highest BCUT2D eigenvalue weighted by Crippen LogP contribution is 2.45. The topological polar surface area (TPSA) is 25.8 Å². The van der Waals surface area contributed by atoms with Crippen molar-refractivity contribution in [3.05, 3.63) is 22.4 Å². The summed E-state index contributed by atoms with van der Waals surface area (Å²) in [6, 6.07) is 2.14. The van der Waals surface area contributed by atoms with Gasteiger partial charge in [-0.1, -0.05) is 11.6 Å². The largest absolute Gasteiger partial charge is 0.235 e. The van der Waals surface area contributed by atoms with Gasteiger partial charge in [-0.05, 0) is 24.8 Å². The van der Waals surface area contributed by atoms with E-state index < -0.39 is 0 Å². The van der Waals surface area contributed by atoms with Crippen molar-refractivity contribution in [1.29, 1.82) is 0 Å². The highest BCUT2D eigenvalue weighted by molar-refractivity contribution is 7.19. The van der Waals surface area contributed by atoms with E-state index in [-0.39, 0.29) is 0 Å². The summed E-state index contributed by atoms with van der Waals surface area (Å²) in [6.45, 7) is 0. The molecular formula is C9H7ClN2S. The predicted octanol–water partition coefficient (Wildman–Crippen LogP) is 3.22. The molecule has 0 aromatic carbocycles. The zero-order valence-electron chi connectivity index (χ0n) is 6.83. The average molecular weight is 211 g/mol. The Morgan fingerprint density at radius 2 is 2.23 bits per heavy atom. The van der Waals surface area contributed by atoms with Crippen molar-refractivity contribution in [2.75, 3.05) is 0 Å². The van der Waals surface area contributed by atoms with Crippen LogP contribution in [0.4, 0.5) is 0 Å². The van der Waals surface area contributed by atoms with Crippen LogP contribution in [0.5, 0.6) is 0 Å². The van der Waals surface area contributed by atoms with Gasteiger partial charge in [-0.15, -0.1) is 11.3 Å². The molecule has 2 nitrogen and oxygen atoms in total. The van der Waals surface area contributed by atoms with Gasteiger partial charge in [0.15, 0.2) is 0 Å². The van der Waals surface area contributed by atoms with E-state index >= 15 is 0 Å². The minimum Gasteiger partial charge on any atom is -0.235 e. The normalized spacial score (nSPS) is 16.7. The summed E-state index contributed by atoms with van der Waals surface area (Å²) >= 11 is 7.69. The van der Waals surface area contributed by atoms with E-state index in [9.17, 15) is 0 Å². The lowest BCUT2D eigenvalue weighted by Gasteiger charge is -1.87. The van der Waals surface area contributed by atoms with Crippen LogP contribution in [0.2, 0.25) is 5.15 Å². The van der Waals surface area contributed by atoms with E-state index in [4.69, 9.17) is 11.6 Å². The third kappa shape index (κ3) is 1.23. The first-order valence-corrected chi connectivity index (χ1v) is 5.44. The fourth-order valence-electron chi connectivity index (χ4n) is 1.41. The van der Waals surface area contributed by atoms with Gasteiger partial charge >= 0.3 is 0 Å². The van der Waals surface area contributed by atoms with E-state index in [0.717, 1.165) is 16.1 Å². The van der Waals surface area contributed by atoms with Crippen molar-refractivity contribution in [3.63, 3.8) is 0 Å². The summed E-state index contributed by atoms with van der Waals surface area (Å²) in [6.07, 6.45) is 4.16. The Morgan fingerprint density at radius 1 is 1.38 bits per heavy atom. The second kappa shape index (κ2) is 2.66. The van der Waals surface area contributed by atoms with Crippen molar-refractivity contribution in [2.24, 2.45) is 0 Å². The average Bonchev–Trinajstić information content (AvgIpc) is 2.87. The van der Waals surface area contributed by atoms with Gasteiger partial charge in [0.2, 0.25) is 0 Å². The molecule has 0 radical (unpaired) electrons. The van der Waals surface area contributed by atoms with Crippen LogP contribution in [0.25, 0.3) is 10.2 Å². The number of hydrogen-bond acceptors (Lipinski definition) is 3. The van der Waals surface area contributed by atoms with Crippen molar-refractivity contribution < 1.29 is 0 Å². The molecular weight excluding hydrogens is 204 g/mol. The smallest absolute Gasteiger partial charge is 0.150 e. The zero-order valence-corrected chi connectivity index (χ0v) is 8.40. The standard InChI is InChI=1S/C9H7ClN2S/c10-9-8-6(11-4-12-9)3-7(13-8)5-1-2-5/h3-5H,1-2H2. The Morgan fingerprint density at radius 3 is 2.92 bits per heavy atom. The molecule has 1 aliphatic rings. The van der Waals surface area contributed by atoms with Crippen LogP contribution in [-0.4, -0.2) is 9.97 Å². The minimum atomic E-state index is 0.585. The van der Waals surface area contributed by atoms with Gasteiger partial charge in [0.1, 0.15) is 11.5 Å². The van der Waals surface area contributed by atoms with Crippen molar-refractivity contribution >= 4 is 33.2 Å². The predicted molar refractivity (Wildman–Crippen MR) is 54.4 cm³/mol. The Kier molecular flexibility index (Phi) is 1.58. The Hall–Kier alpha value is -0.670. The van der Waals surface area contributed by atoms with Gasteiger partial charge in [-0.25, -0.2) is 9.97 Å². The molecule has 0 amide bonds. The maximum Gasteiger partial charge on any atom is 0.150 e. The number of halogens is 1. The van der Waals surface area contributed by atoms with E-state index in [1.807, 2.05) is 0 Å². The minimum absolute atomic E-state index is 0.585. The first kappa shape index (κ1) is 7.71. The molecule has 0 unspecified atom stereocenters. The van der Waals surface area contributed by atoms with Gasteiger partial charge in [0, 0.05) is 4.88 Å². The molecule has 1 saturated carbocycles. The highest BCUT2D eigenvalue weighted by atomic mass is 35.5. The van der Waals surface area contributed by atoms with Crippen molar-refractivity contribution in [1.82, 2.24) is 9.97 Å². The molecule has 2 aromatic heterocycles. The number of nitrogens with zero attached hydrogens (tertiary/aromatic N) is 2. The molecule has 0 saturated heterocycles. The Labute approximate surface area is 84.6 Å². The van der Waals surface area contributed by atoms with Crippen LogP contribution in [0.15, 0.2) is 12.4 Å². The number of fused-ring (bicyclic) bond motifs is 1. The van der Waals surface area contributed by atoms with Crippen molar-refractivity contribution in [3.8, 4) is 0 Å². The molecule has 0 aliphatic heterocycles. The quantitative estimate of drug-likeness (QED) is 0.676. The van der Waals surface area contributed by atoms with E-state index in [0.29, 0.717) is 5.15 Å². The molecule has 0 spiro atoms. The van der Waals surface area contributed by atoms with Gasteiger partial charge in [0.25, 0.3) is 0 Å². The fraction of sp³-hybridized carbons (Fsp3) is 0.333. The van der Waals surface area contributed by atoms with Crippen molar-refractivity contribution in [2.45, 2.75) is 18.8 Å². The fourth-order valence-corrected chi connectivity index (χ4v) is 2.83. The summed E-state index contributed by atoms with van der Waals surface area (Å²) in [5.74, 6) is 0.773. The summed E-state index contributed by atoms with van der Waals surface area (Å²) in [4.78, 5) is 9.57. The maximum atomic E-state index is 5.95. The van der Waals surface area contributed by atoms with Crippen LogP contribution < -0.4 is 0 Å². The monoisotopic (exact) mass is 210 g/mol. The third-order valence-corrected chi connectivity index (χ3v) is 3.96. The summed E-state index contributed by atoms with van der Waals surface area (Å²) in [7, 11) is 0. The van der Waals surface area contributed by atoms with E-state index in [1.165, 1.54) is 24.0 Å². The number of hydrogen-bond donors (Lipinski definition) is 0. The molecule has 66 valence electrons. The van der Waals surface area contributed by atoms with Gasteiger partial charge in [-0.3, -0.25) is 0 Å². The van der Waals surface area contributed by atoms with Gasteiger partial charge < -0.3 is 0 Å². The summed E-state index contributed by atoms with van der Waals surface area (Å²) in [5.41, 5.74) is 0.993. The number of thiophene rings is 1. The molecule has 0 bridgehead atoms. The number of rotatable bonds is 1. The van der Waals surface area contributed by atoms with Crippen LogP contribution in [-0.2, 0) is 0 Å². The lowest BCUT2D eigenvalue weighted by atomic mass is 10.3. The number of aromatic nitrogens is 2. The Bertz CT molecular complexity index is 462. The van der Waals surface area contributed by atoms with Crippen LogP contribution >= 0.6 is 22.9 Å². The Balaban J connectivity index is 2.26. The molecule has 1 fully saturated rings. The van der Waals surface area contributed by atoms with Crippen LogP contribution in [0.3, 0.4) is 0 Å². The molecule has 2 heterocycles. The summed E-state index contributed by atoms with van der Waals surface area (Å²) < 4.78 is 1.03. The molecule has 13 heavy (non-hydrogen) atoms.